The van der Waals surface area contributed by atoms with E-state index in [-0.39, 0.29) is 19.1 Å². The van der Waals surface area contributed by atoms with Gasteiger partial charge in [-0.05, 0) is 63.9 Å². The van der Waals surface area contributed by atoms with Crippen molar-refractivity contribution in [1.29, 1.82) is 0 Å². The summed E-state index contributed by atoms with van der Waals surface area (Å²) in [5.74, 6) is -0.327. The summed E-state index contributed by atoms with van der Waals surface area (Å²) in [6, 6.07) is 11.3. The van der Waals surface area contributed by atoms with Gasteiger partial charge in [-0.1, -0.05) is 29.8 Å². The van der Waals surface area contributed by atoms with Gasteiger partial charge in [-0.3, -0.25) is 15.0 Å². The number of amides is 4. The monoisotopic (exact) mass is 468 g/mol. The van der Waals surface area contributed by atoms with Gasteiger partial charge in [-0.15, -0.1) is 0 Å². The second kappa shape index (κ2) is 10.5. The predicted octanol–water partition coefficient (Wildman–Crippen LogP) is 4.30. The van der Waals surface area contributed by atoms with E-state index in [1.165, 1.54) is 4.90 Å². The zero-order chi connectivity index (χ0) is 25.0. The number of nitrogens with zero attached hydrogens (tertiary/aromatic N) is 2. The molecule has 2 unspecified atom stereocenters. The number of urea groups is 2. The van der Waals surface area contributed by atoms with Gasteiger partial charge in [0.15, 0.2) is 6.29 Å². The lowest BCUT2D eigenvalue weighted by atomic mass is 10.1. The third kappa shape index (κ3) is 5.98. The Morgan fingerprint density at radius 2 is 1.79 bits per heavy atom. The number of aryl methyl sites for hydroxylation is 2. The number of carboxylic acid groups (broad SMARTS) is 1. The quantitative estimate of drug-likeness (QED) is 0.506. The van der Waals surface area contributed by atoms with Crippen LogP contribution in [0, 0.1) is 13.8 Å². The highest BCUT2D eigenvalue weighted by atomic mass is 16.5. The molecule has 0 saturated carbocycles. The lowest BCUT2D eigenvalue weighted by Gasteiger charge is -2.43. The Morgan fingerprint density at radius 1 is 1.12 bits per heavy atom. The van der Waals surface area contributed by atoms with E-state index < -0.39 is 30.4 Å². The fraction of sp³-hybridized carbons (Fsp3) is 0.400. The molecule has 34 heavy (non-hydrogen) atoms. The summed E-state index contributed by atoms with van der Waals surface area (Å²) >= 11 is 0. The highest BCUT2D eigenvalue weighted by Crippen LogP contribution is 2.25. The summed E-state index contributed by atoms with van der Waals surface area (Å²) in [6.45, 7) is 9.57. The van der Waals surface area contributed by atoms with Crippen molar-refractivity contribution >= 4 is 23.7 Å². The van der Waals surface area contributed by atoms with Gasteiger partial charge in [-0.25, -0.2) is 14.5 Å². The minimum absolute atomic E-state index is 0.0385. The highest BCUT2D eigenvalue weighted by molar-refractivity contribution is 5.97. The van der Waals surface area contributed by atoms with Gasteiger partial charge in [-0.2, -0.15) is 0 Å². The van der Waals surface area contributed by atoms with Crippen LogP contribution in [0.2, 0.25) is 0 Å². The summed E-state index contributed by atoms with van der Waals surface area (Å²) < 4.78 is 5.79. The molecule has 0 aromatic heterocycles. The molecular formula is C25H32N4O5. The van der Waals surface area contributed by atoms with Gasteiger partial charge >= 0.3 is 18.0 Å². The van der Waals surface area contributed by atoms with E-state index in [2.05, 4.69) is 10.6 Å². The Hall–Kier alpha value is -3.75. The van der Waals surface area contributed by atoms with Gasteiger partial charge in [0, 0.05) is 5.69 Å². The molecule has 3 N–H and O–H groups in total. The van der Waals surface area contributed by atoms with Crippen LogP contribution in [0.3, 0.4) is 0 Å². The molecule has 2 aromatic rings. The summed E-state index contributed by atoms with van der Waals surface area (Å²) in [5.41, 5.74) is 3.58. The minimum atomic E-state index is -1.09. The molecule has 2 atom stereocenters. The summed E-state index contributed by atoms with van der Waals surface area (Å²) in [7, 11) is 0. The van der Waals surface area contributed by atoms with Crippen LogP contribution >= 0.6 is 0 Å². The summed E-state index contributed by atoms with van der Waals surface area (Å²) in [6.07, 6.45) is -1.13. The third-order valence-corrected chi connectivity index (χ3v) is 5.47. The minimum Gasteiger partial charge on any atom is -0.491 e. The van der Waals surface area contributed by atoms with E-state index in [1.54, 1.807) is 6.92 Å². The van der Waals surface area contributed by atoms with E-state index in [0.717, 1.165) is 27.3 Å². The average molecular weight is 469 g/mol. The largest absolute Gasteiger partial charge is 0.491 e. The number of hydrogen-bond acceptors (Lipinski definition) is 5. The first kappa shape index (κ1) is 24.9. The molecule has 2 aromatic carbocycles. The number of carbonyl (C=O) groups is 3. The number of hydrogen-bond donors (Lipinski definition) is 3. The lowest BCUT2D eigenvalue weighted by molar-refractivity contribution is -0.137. The maximum Gasteiger partial charge on any atom is 0.331 e. The van der Waals surface area contributed by atoms with Gasteiger partial charge in [0.25, 0.3) is 0 Å². The molecule has 1 fully saturated rings. The molecule has 0 aliphatic carbocycles. The molecular weight excluding hydrogens is 436 g/mol. The second-order valence-electron chi connectivity index (χ2n) is 8.86. The Labute approximate surface area is 199 Å². The molecule has 1 aliphatic heterocycles. The van der Waals surface area contributed by atoms with Gasteiger partial charge in [0.05, 0.1) is 25.1 Å². The normalized spacial score (nSPS) is 16.9. The number of nitrogens with one attached hydrogen (secondary N) is 2. The van der Waals surface area contributed by atoms with Crippen molar-refractivity contribution in [2.75, 3.05) is 5.32 Å². The van der Waals surface area contributed by atoms with E-state index in [0.29, 0.717) is 5.69 Å². The van der Waals surface area contributed by atoms with Crippen LogP contribution in [0.15, 0.2) is 42.5 Å². The Balaban J connectivity index is 1.88. The number of carboxylic acids is 1. The maximum atomic E-state index is 13.4. The fourth-order valence-corrected chi connectivity index (χ4v) is 3.78. The van der Waals surface area contributed by atoms with Gasteiger partial charge in [0.1, 0.15) is 5.75 Å². The number of ether oxygens (including phenoxy) is 1. The number of carbonyl (C=O) groups excluding carboxylic acids is 2. The number of rotatable bonds is 9. The molecule has 1 heterocycles. The van der Waals surface area contributed by atoms with Crippen LogP contribution in [-0.4, -0.2) is 51.4 Å². The number of benzene rings is 2. The SMILES string of the molecule is Cc1ccc(CN2C(=O)N(C(C)CC(=O)O)C(=O)NC2Nc2ccc(OC(C)C)c(C)c2)cc1. The molecule has 3 rings (SSSR count). The third-order valence-electron chi connectivity index (χ3n) is 5.47. The smallest absolute Gasteiger partial charge is 0.331 e. The number of imide groups is 1. The van der Waals surface area contributed by atoms with Crippen molar-refractivity contribution < 1.29 is 24.2 Å². The van der Waals surface area contributed by atoms with Crippen molar-refractivity contribution in [2.45, 2.75) is 66.0 Å². The van der Waals surface area contributed by atoms with Crippen LogP contribution in [0.25, 0.3) is 0 Å². The van der Waals surface area contributed by atoms with Crippen LogP contribution in [0.5, 0.6) is 5.75 Å². The average Bonchev–Trinajstić information content (AvgIpc) is 2.73. The van der Waals surface area contributed by atoms with E-state index in [4.69, 9.17) is 9.84 Å². The zero-order valence-corrected chi connectivity index (χ0v) is 20.2. The molecule has 1 saturated heterocycles. The fourth-order valence-electron chi connectivity index (χ4n) is 3.78. The van der Waals surface area contributed by atoms with E-state index in [9.17, 15) is 14.4 Å². The number of aliphatic carboxylic acids is 1. The van der Waals surface area contributed by atoms with Crippen molar-refractivity contribution in [3.63, 3.8) is 0 Å². The van der Waals surface area contributed by atoms with E-state index in [1.807, 2.05) is 70.2 Å². The maximum absolute atomic E-state index is 13.4. The molecule has 0 spiro atoms. The van der Waals surface area contributed by atoms with Crippen LogP contribution in [-0.2, 0) is 11.3 Å². The van der Waals surface area contributed by atoms with Gasteiger partial charge in [0.2, 0.25) is 0 Å². The standard InChI is InChI=1S/C25H32N4O5/c1-15(2)34-21-11-10-20(12-17(21)4)26-23-27-24(32)29(18(5)13-22(30)31)25(33)28(23)14-19-8-6-16(3)7-9-19/h6-12,15,18,23,26H,13-14H2,1-5H3,(H,27,32)(H,30,31). The Morgan fingerprint density at radius 3 is 2.38 bits per heavy atom. The molecule has 9 nitrogen and oxygen atoms in total. The summed E-state index contributed by atoms with van der Waals surface area (Å²) in [5, 5.41) is 15.2. The Bertz CT molecular complexity index is 1050. The first-order valence-electron chi connectivity index (χ1n) is 11.3. The summed E-state index contributed by atoms with van der Waals surface area (Å²) in [4.78, 5) is 39.9. The van der Waals surface area contributed by atoms with E-state index >= 15 is 0 Å². The highest BCUT2D eigenvalue weighted by Gasteiger charge is 2.41. The molecule has 0 radical (unpaired) electrons. The Kier molecular flexibility index (Phi) is 7.65. The van der Waals surface area contributed by atoms with Crippen molar-refractivity contribution in [1.82, 2.24) is 15.1 Å². The van der Waals surface area contributed by atoms with Crippen LogP contribution in [0.1, 0.15) is 43.9 Å². The zero-order valence-electron chi connectivity index (χ0n) is 20.2. The topological polar surface area (TPSA) is 111 Å². The molecule has 9 heteroatoms. The molecule has 0 bridgehead atoms. The van der Waals surface area contributed by atoms with Crippen molar-refractivity contribution in [3.8, 4) is 5.75 Å². The second-order valence-corrected chi connectivity index (χ2v) is 8.86. The molecule has 182 valence electrons. The molecule has 1 aliphatic rings. The van der Waals surface area contributed by atoms with Crippen molar-refractivity contribution in [3.05, 3.63) is 59.2 Å². The van der Waals surface area contributed by atoms with Crippen LogP contribution < -0.4 is 15.4 Å². The predicted molar refractivity (Wildman–Crippen MR) is 129 cm³/mol. The lowest BCUT2D eigenvalue weighted by Crippen LogP contribution is -2.68. The van der Waals surface area contributed by atoms with Gasteiger partial charge < -0.3 is 15.2 Å². The van der Waals surface area contributed by atoms with Crippen molar-refractivity contribution in [2.24, 2.45) is 0 Å². The van der Waals surface area contributed by atoms with Crippen LogP contribution in [0.4, 0.5) is 15.3 Å². The molecule has 4 amide bonds. The first-order chi connectivity index (χ1) is 16.0. The number of anilines is 1. The first-order valence-corrected chi connectivity index (χ1v) is 11.3.